The monoisotopic (exact) mass is 313 g/mol. The van der Waals surface area contributed by atoms with Gasteiger partial charge in [0.25, 0.3) is 0 Å². The maximum absolute atomic E-state index is 10.4. The zero-order valence-electron chi connectivity index (χ0n) is 8.32. The van der Waals surface area contributed by atoms with Crippen molar-refractivity contribution in [3.05, 3.63) is 27.0 Å². The first-order chi connectivity index (χ1) is 7.56. The molecule has 0 bridgehead atoms. The molecule has 0 amide bonds. The summed E-state index contributed by atoms with van der Waals surface area (Å²) in [6.45, 7) is 0. The second-order valence-electron chi connectivity index (χ2n) is 1.87. The zero-order valence-corrected chi connectivity index (χ0v) is 13.8. The third-order valence-electron chi connectivity index (χ3n) is 1.05. The predicted molar refractivity (Wildman–Crippen MR) is 61.1 cm³/mol. The summed E-state index contributed by atoms with van der Waals surface area (Å²) in [5.41, 5.74) is -0.323. The van der Waals surface area contributed by atoms with Crippen molar-refractivity contribution in [2.45, 2.75) is 5.03 Å². The minimum atomic E-state index is -0.671. The fourth-order valence-electron chi connectivity index (χ4n) is 0.583. The van der Waals surface area contributed by atoms with Crippen molar-refractivity contribution in [3.63, 3.8) is 0 Å². The number of thiocarbonyl (C=S) groups is 1. The van der Waals surface area contributed by atoms with E-state index in [1.54, 1.807) is 5.40 Å². The van der Waals surface area contributed by atoms with E-state index in [9.17, 15) is 10.1 Å². The minimum Gasteiger partial charge on any atom is -0.753 e. The molecule has 82 valence electrons. The van der Waals surface area contributed by atoms with Crippen LogP contribution in [0.3, 0.4) is 0 Å². The summed E-state index contributed by atoms with van der Waals surface area (Å²) in [5, 5.41) is 28.6. The van der Waals surface area contributed by atoms with Crippen LogP contribution in [0.15, 0.2) is 11.2 Å². The Morgan fingerprint density at radius 3 is 2.65 bits per heavy atom. The smallest absolute Gasteiger partial charge is 0.753 e. The van der Waals surface area contributed by atoms with Gasteiger partial charge in [-0.3, -0.25) is 10.1 Å². The van der Waals surface area contributed by atoms with E-state index in [4.69, 9.17) is 22.3 Å². The Hall–Kier alpha value is 0.0464. The van der Waals surface area contributed by atoms with Gasteiger partial charge in [0, 0.05) is 11.8 Å². The molecule has 0 aliphatic carbocycles. The molecule has 0 atom stereocenters. The molecular formula is C6HClKN5O2S2. The van der Waals surface area contributed by atoms with E-state index >= 15 is 0 Å². The molecule has 1 rings (SSSR count). The van der Waals surface area contributed by atoms with Crippen LogP contribution in [0, 0.1) is 20.8 Å². The second kappa shape index (κ2) is 11.2. The van der Waals surface area contributed by atoms with Crippen LogP contribution in [0.1, 0.15) is 0 Å². The molecule has 0 aliphatic rings. The van der Waals surface area contributed by atoms with Crippen LogP contribution in [-0.4, -0.2) is 20.1 Å². The van der Waals surface area contributed by atoms with Gasteiger partial charge in [0.1, 0.15) is 11.6 Å². The molecule has 1 aromatic heterocycles. The molecule has 0 aliphatic heterocycles. The van der Waals surface area contributed by atoms with E-state index in [-0.39, 0.29) is 67.4 Å². The standard InChI is InChI=1S/C5HClN4O2S.CNS.K/c6-5-8-1-3(10(11)12)4(9-5)13-2-7;2-1-3;/h1H;;/q;-1;+1. The normalized spacial score (nSPS) is 7.53. The first kappa shape index (κ1) is 19.4. The van der Waals surface area contributed by atoms with E-state index in [1.807, 2.05) is 0 Å². The quantitative estimate of drug-likeness (QED) is 0.0813. The predicted octanol–water partition coefficient (Wildman–Crippen LogP) is -0.726. The molecule has 17 heavy (non-hydrogen) atoms. The molecule has 0 unspecified atom stereocenters. The topological polar surface area (TPSA) is 115 Å². The summed E-state index contributed by atoms with van der Waals surface area (Å²) in [6, 6.07) is 0. The second-order valence-corrected chi connectivity index (χ2v) is 3.17. The average molecular weight is 314 g/mol. The van der Waals surface area contributed by atoms with Crippen molar-refractivity contribution in [2.75, 3.05) is 0 Å². The molecule has 0 radical (unpaired) electrons. The Balaban J connectivity index is 0. The number of rotatable bonds is 2. The van der Waals surface area contributed by atoms with Crippen LogP contribution in [0.5, 0.6) is 0 Å². The van der Waals surface area contributed by atoms with E-state index in [0.29, 0.717) is 11.8 Å². The number of nitro groups is 1. The molecule has 0 spiro atoms. The van der Waals surface area contributed by atoms with E-state index < -0.39 is 4.92 Å². The van der Waals surface area contributed by atoms with Crippen molar-refractivity contribution in [1.82, 2.24) is 9.97 Å². The van der Waals surface area contributed by atoms with Crippen molar-refractivity contribution in [2.24, 2.45) is 0 Å². The van der Waals surface area contributed by atoms with Crippen molar-refractivity contribution < 1.29 is 56.3 Å². The number of nitrogens with zero attached hydrogens (tertiary/aromatic N) is 5. The third-order valence-corrected chi connectivity index (χ3v) is 1.81. The van der Waals surface area contributed by atoms with Gasteiger partial charge < -0.3 is 5.41 Å². The molecule has 0 fully saturated rings. The van der Waals surface area contributed by atoms with Crippen LogP contribution < -0.4 is 51.4 Å². The Labute approximate surface area is 153 Å². The fourth-order valence-corrected chi connectivity index (χ4v) is 1.22. The number of thioether (sulfide) groups is 1. The van der Waals surface area contributed by atoms with Gasteiger partial charge in [-0.1, -0.05) is 12.2 Å². The number of aromatic nitrogens is 2. The van der Waals surface area contributed by atoms with Gasteiger partial charge in [0.15, 0.2) is 5.03 Å². The maximum Gasteiger partial charge on any atom is 1.00 e. The van der Waals surface area contributed by atoms with E-state index in [0.717, 1.165) is 6.20 Å². The Morgan fingerprint density at radius 1 is 1.71 bits per heavy atom. The summed E-state index contributed by atoms with van der Waals surface area (Å²) in [5.74, 6) is 0. The molecular weight excluding hydrogens is 313 g/mol. The van der Waals surface area contributed by atoms with Crippen LogP contribution in [0.2, 0.25) is 5.28 Å². The molecule has 1 heterocycles. The third kappa shape index (κ3) is 7.88. The van der Waals surface area contributed by atoms with Gasteiger partial charge in [-0.25, -0.2) is 9.97 Å². The molecule has 1 aromatic rings. The van der Waals surface area contributed by atoms with Crippen molar-refractivity contribution >= 4 is 46.4 Å². The number of isothiocyanates is 1. The van der Waals surface area contributed by atoms with Gasteiger partial charge in [-0.05, 0) is 11.6 Å². The summed E-state index contributed by atoms with van der Waals surface area (Å²) in [4.78, 5) is 16.7. The number of hydrogen-bond acceptors (Lipinski definition) is 7. The Morgan fingerprint density at radius 2 is 2.24 bits per heavy atom. The number of thiocyanates is 1. The fraction of sp³-hybridized carbons (Fsp3) is 0. The van der Waals surface area contributed by atoms with Crippen molar-refractivity contribution in [1.29, 1.82) is 5.26 Å². The van der Waals surface area contributed by atoms with Crippen LogP contribution >= 0.6 is 35.6 Å². The van der Waals surface area contributed by atoms with Gasteiger partial charge in [-0.2, -0.15) is 10.4 Å². The van der Waals surface area contributed by atoms with Gasteiger partial charge in [0.05, 0.1) is 4.92 Å². The Bertz CT molecular complexity index is 474. The number of hydrogen-bond donors (Lipinski definition) is 0. The summed E-state index contributed by atoms with van der Waals surface area (Å²) in [7, 11) is 0. The number of halogens is 1. The molecule has 0 N–H and O–H groups in total. The number of nitriles is 1. The Kier molecular flexibility index (Phi) is 12.7. The van der Waals surface area contributed by atoms with Gasteiger partial charge in [0.2, 0.25) is 5.28 Å². The summed E-state index contributed by atoms with van der Waals surface area (Å²) >= 11 is 9.66. The summed E-state index contributed by atoms with van der Waals surface area (Å²) in [6.07, 6.45) is 0.967. The van der Waals surface area contributed by atoms with Gasteiger partial charge >= 0.3 is 57.1 Å². The van der Waals surface area contributed by atoms with Gasteiger partial charge in [-0.15, -0.1) is 0 Å². The molecule has 11 heteroatoms. The zero-order chi connectivity index (χ0) is 12.6. The first-order valence-corrected chi connectivity index (χ1v) is 4.91. The molecule has 0 saturated heterocycles. The van der Waals surface area contributed by atoms with Crippen LogP contribution in [0.25, 0.3) is 5.41 Å². The minimum absolute atomic E-state index is 0. The van der Waals surface area contributed by atoms with Crippen LogP contribution in [0.4, 0.5) is 5.69 Å². The largest absolute Gasteiger partial charge is 1.00 e. The molecule has 7 nitrogen and oxygen atoms in total. The molecule has 0 saturated carbocycles. The van der Waals surface area contributed by atoms with E-state index in [2.05, 4.69) is 22.2 Å². The van der Waals surface area contributed by atoms with Crippen molar-refractivity contribution in [3.8, 4) is 5.40 Å². The first-order valence-electron chi connectivity index (χ1n) is 3.31. The maximum atomic E-state index is 10.4. The van der Waals surface area contributed by atoms with Crippen LogP contribution in [-0.2, 0) is 0 Å². The SMILES string of the molecule is N#CSc1nc(Cl)ncc1[N+](=O)[O-].[K+].[N-]=C=S. The average Bonchev–Trinajstić information content (AvgIpc) is 2.19. The molecule has 0 aromatic carbocycles. The van der Waals surface area contributed by atoms with E-state index in [1.165, 1.54) is 5.16 Å². The summed E-state index contributed by atoms with van der Waals surface area (Å²) < 4.78 is 0.